The van der Waals surface area contributed by atoms with Crippen LogP contribution in [0, 0.1) is 5.41 Å². The summed E-state index contributed by atoms with van der Waals surface area (Å²) >= 11 is 0. The van der Waals surface area contributed by atoms with Crippen molar-refractivity contribution < 1.29 is 0 Å². The van der Waals surface area contributed by atoms with Crippen molar-refractivity contribution in [3.05, 3.63) is 12.7 Å². The smallest absolute Gasteiger partial charge is 0.191 e. The van der Waals surface area contributed by atoms with Gasteiger partial charge in [0.2, 0.25) is 0 Å². The number of rotatable bonds is 2. The molecule has 0 amide bonds. The molecule has 0 spiro atoms. The van der Waals surface area contributed by atoms with Crippen LogP contribution in [0.1, 0.15) is 20.8 Å². The number of hydrogen-bond acceptors (Lipinski definition) is 3. The summed E-state index contributed by atoms with van der Waals surface area (Å²) in [5.74, 6) is 0.895. The topological polar surface area (TPSA) is 36.4 Å². The van der Waals surface area contributed by atoms with E-state index in [-0.39, 0.29) is 11.5 Å². The molecule has 74 valence electrons. The van der Waals surface area contributed by atoms with Gasteiger partial charge in [0.15, 0.2) is 5.96 Å². The van der Waals surface area contributed by atoms with Crippen LogP contribution in [0.2, 0.25) is 0 Å². The Bertz CT molecular complexity index is 218. The molecule has 2 N–H and O–H groups in total. The number of aliphatic imine (C=N–C) groups is 1. The Hall–Kier alpha value is -0.990. The molecule has 0 bridgehead atoms. The van der Waals surface area contributed by atoms with Crippen molar-refractivity contribution in [2.75, 3.05) is 13.1 Å². The summed E-state index contributed by atoms with van der Waals surface area (Å²) in [6.07, 6.45) is 1.87. The van der Waals surface area contributed by atoms with Crippen molar-refractivity contribution in [3.63, 3.8) is 0 Å². The van der Waals surface area contributed by atoms with Gasteiger partial charge in [0.1, 0.15) is 0 Å². The van der Waals surface area contributed by atoms with E-state index in [0.29, 0.717) is 0 Å². The maximum absolute atomic E-state index is 4.42. The van der Waals surface area contributed by atoms with E-state index >= 15 is 0 Å². The van der Waals surface area contributed by atoms with Gasteiger partial charge in [0.05, 0.1) is 0 Å². The highest BCUT2D eigenvalue weighted by atomic mass is 15.2. The lowest BCUT2D eigenvalue weighted by Gasteiger charge is -2.30. The first-order valence-electron chi connectivity index (χ1n) is 4.71. The molecule has 0 aromatic carbocycles. The first-order chi connectivity index (χ1) is 6.03. The molecule has 1 rings (SSSR count). The average molecular weight is 181 g/mol. The van der Waals surface area contributed by atoms with Gasteiger partial charge in [-0.2, -0.15) is 0 Å². The zero-order valence-electron chi connectivity index (χ0n) is 8.72. The van der Waals surface area contributed by atoms with Crippen LogP contribution in [-0.2, 0) is 0 Å². The van der Waals surface area contributed by atoms with E-state index in [1.807, 2.05) is 6.08 Å². The Balaban J connectivity index is 2.46. The van der Waals surface area contributed by atoms with Crippen molar-refractivity contribution in [1.29, 1.82) is 0 Å². The number of nitrogens with zero attached hydrogens (tertiary/aromatic N) is 1. The maximum Gasteiger partial charge on any atom is 0.191 e. The summed E-state index contributed by atoms with van der Waals surface area (Å²) in [6.45, 7) is 12.0. The Morgan fingerprint density at radius 1 is 1.69 bits per heavy atom. The molecule has 0 aromatic rings. The normalized spacial score (nSPS) is 22.5. The number of guanidine groups is 1. The van der Waals surface area contributed by atoms with E-state index < -0.39 is 0 Å². The van der Waals surface area contributed by atoms with Crippen molar-refractivity contribution in [1.82, 2.24) is 10.6 Å². The third-order valence-electron chi connectivity index (χ3n) is 2.12. The van der Waals surface area contributed by atoms with Crippen molar-refractivity contribution in [2.24, 2.45) is 10.4 Å². The second-order valence-electron chi connectivity index (χ2n) is 4.35. The van der Waals surface area contributed by atoms with Gasteiger partial charge in [0.25, 0.3) is 0 Å². The SMILES string of the molecule is C=CC(C)NC1=NCC(C)(C)CN1. The quantitative estimate of drug-likeness (QED) is 0.627. The van der Waals surface area contributed by atoms with E-state index in [2.05, 4.69) is 43.0 Å². The van der Waals surface area contributed by atoms with Gasteiger partial charge in [0, 0.05) is 24.5 Å². The first-order valence-corrected chi connectivity index (χ1v) is 4.71. The van der Waals surface area contributed by atoms with Gasteiger partial charge in [-0.1, -0.05) is 19.9 Å². The van der Waals surface area contributed by atoms with Crippen molar-refractivity contribution in [2.45, 2.75) is 26.8 Å². The van der Waals surface area contributed by atoms with E-state index in [1.165, 1.54) is 0 Å². The highest BCUT2D eigenvalue weighted by molar-refractivity contribution is 5.80. The maximum atomic E-state index is 4.42. The van der Waals surface area contributed by atoms with Crippen LogP contribution < -0.4 is 10.6 Å². The van der Waals surface area contributed by atoms with Gasteiger partial charge in [-0.15, -0.1) is 6.58 Å². The van der Waals surface area contributed by atoms with Crippen LogP contribution >= 0.6 is 0 Å². The lowest BCUT2D eigenvalue weighted by atomic mass is 9.93. The van der Waals surface area contributed by atoms with Crippen LogP contribution in [0.5, 0.6) is 0 Å². The van der Waals surface area contributed by atoms with Crippen LogP contribution in [-0.4, -0.2) is 25.1 Å². The molecular formula is C10H19N3. The third-order valence-corrected chi connectivity index (χ3v) is 2.12. The molecule has 0 aliphatic carbocycles. The average Bonchev–Trinajstić information content (AvgIpc) is 2.08. The minimum absolute atomic E-state index is 0.271. The second-order valence-corrected chi connectivity index (χ2v) is 4.35. The molecule has 1 unspecified atom stereocenters. The minimum atomic E-state index is 0.271. The molecule has 3 nitrogen and oxygen atoms in total. The van der Waals surface area contributed by atoms with E-state index in [4.69, 9.17) is 0 Å². The van der Waals surface area contributed by atoms with Gasteiger partial charge in [-0.3, -0.25) is 4.99 Å². The summed E-state index contributed by atoms with van der Waals surface area (Å²) in [4.78, 5) is 4.42. The Labute approximate surface area is 80.3 Å². The highest BCUT2D eigenvalue weighted by Crippen LogP contribution is 2.16. The molecule has 13 heavy (non-hydrogen) atoms. The summed E-state index contributed by atoms with van der Waals surface area (Å²) < 4.78 is 0. The van der Waals surface area contributed by atoms with Gasteiger partial charge in [-0.05, 0) is 6.92 Å². The molecule has 1 heterocycles. The Morgan fingerprint density at radius 3 is 2.85 bits per heavy atom. The van der Waals surface area contributed by atoms with Crippen LogP contribution in [0.15, 0.2) is 17.6 Å². The zero-order chi connectivity index (χ0) is 9.90. The highest BCUT2D eigenvalue weighted by Gasteiger charge is 2.22. The number of nitrogens with one attached hydrogen (secondary N) is 2. The number of hydrogen-bond donors (Lipinski definition) is 2. The molecule has 0 radical (unpaired) electrons. The fourth-order valence-electron chi connectivity index (χ4n) is 1.10. The predicted octanol–water partition coefficient (Wildman–Crippen LogP) is 1.14. The monoisotopic (exact) mass is 181 g/mol. The molecule has 3 heteroatoms. The lowest BCUT2D eigenvalue weighted by molar-refractivity contribution is 0.357. The van der Waals surface area contributed by atoms with E-state index in [1.54, 1.807) is 0 Å². The summed E-state index contributed by atoms with van der Waals surface area (Å²) in [7, 11) is 0. The molecule has 1 aliphatic heterocycles. The van der Waals surface area contributed by atoms with E-state index in [9.17, 15) is 0 Å². The molecule has 0 saturated heterocycles. The largest absolute Gasteiger partial charge is 0.356 e. The van der Waals surface area contributed by atoms with Crippen molar-refractivity contribution in [3.8, 4) is 0 Å². The second kappa shape index (κ2) is 3.81. The fourth-order valence-corrected chi connectivity index (χ4v) is 1.10. The molecule has 1 atom stereocenters. The lowest BCUT2D eigenvalue weighted by Crippen LogP contribution is -2.49. The molecule has 0 saturated carbocycles. The van der Waals surface area contributed by atoms with Gasteiger partial charge in [-0.25, -0.2) is 0 Å². The standard InChI is InChI=1S/C10H19N3/c1-5-8(2)13-9-11-6-10(3,4)7-12-9/h5,8H,1,6-7H2,2-4H3,(H2,11,12,13). The zero-order valence-corrected chi connectivity index (χ0v) is 8.72. The van der Waals surface area contributed by atoms with E-state index in [0.717, 1.165) is 19.0 Å². The summed E-state index contributed by atoms with van der Waals surface area (Å²) in [5.41, 5.74) is 0.280. The Morgan fingerprint density at radius 2 is 2.38 bits per heavy atom. The third kappa shape index (κ3) is 3.09. The minimum Gasteiger partial charge on any atom is -0.356 e. The molecule has 0 aromatic heterocycles. The molecule has 1 aliphatic rings. The van der Waals surface area contributed by atoms with Crippen LogP contribution in [0.4, 0.5) is 0 Å². The molecular weight excluding hydrogens is 162 g/mol. The van der Waals surface area contributed by atoms with Crippen molar-refractivity contribution >= 4 is 5.96 Å². The first kappa shape index (κ1) is 10.1. The van der Waals surface area contributed by atoms with Gasteiger partial charge >= 0.3 is 0 Å². The Kier molecular flexibility index (Phi) is 2.96. The predicted molar refractivity (Wildman–Crippen MR) is 56.9 cm³/mol. The van der Waals surface area contributed by atoms with Crippen LogP contribution in [0.3, 0.4) is 0 Å². The molecule has 0 fully saturated rings. The van der Waals surface area contributed by atoms with Crippen LogP contribution in [0.25, 0.3) is 0 Å². The summed E-state index contributed by atoms with van der Waals surface area (Å²) in [5, 5.41) is 6.49. The summed E-state index contributed by atoms with van der Waals surface area (Å²) in [6, 6.07) is 0.271. The fraction of sp³-hybridized carbons (Fsp3) is 0.700. The van der Waals surface area contributed by atoms with Gasteiger partial charge < -0.3 is 10.6 Å².